The van der Waals surface area contributed by atoms with E-state index in [0.717, 1.165) is 16.6 Å². The quantitative estimate of drug-likeness (QED) is 0.712. The fourth-order valence-corrected chi connectivity index (χ4v) is 2.55. The fourth-order valence-electron chi connectivity index (χ4n) is 1.93. The molecule has 0 aliphatic rings. The van der Waals surface area contributed by atoms with Crippen LogP contribution in [0.4, 0.5) is 0 Å². The number of nitrogens with zero attached hydrogens (tertiary/aromatic N) is 2. The van der Waals surface area contributed by atoms with Crippen molar-refractivity contribution < 1.29 is 0 Å². The van der Waals surface area contributed by atoms with Crippen LogP contribution in [0.2, 0.25) is 0 Å². The van der Waals surface area contributed by atoms with Crippen molar-refractivity contribution in [1.82, 2.24) is 9.97 Å². The highest BCUT2D eigenvalue weighted by atomic mass is 32.1. The first-order valence-corrected chi connectivity index (χ1v) is 6.81. The second kappa shape index (κ2) is 4.71. The van der Waals surface area contributed by atoms with Crippen molar-refractivity contribution >= 4 is 34.0 Å². The number of imidazole rings is 1. The zero-order chi connectivity index (χ0) is 13.2. The third kappa shape index (κ3) is 2.28. The molecule has 0 fully saturated rings. The van der Waals surface area contributed by atoms with E-state index in [-0.39, 0.29) is 0 Å². The van der Waals surface area contributed by atoms with Gasteiger partial charge >= 0.3 is 0 Å². The molecule has 3 rings (SSSR count). The minimum Gasteiger partial charge on any atom is -0.337 e. The smallest absolute Gasteiger partial charge is 0.149 e. The molecule has 0 amide bonds. The maximum Gasteiger partial charge on any atom is 0.149 e. The Kier molecular flexibility index (Phi) is 2.90. The largest absolute Gasteiger partial charge is 0.337 e. The van der Waals surface area contributed by atoms with Crippen LogP contribution in [0.25, 0.3) is 22.7 Å². The molecule has 0 radical (unpaired) electrons. The van der Waals surface area contributed by atoms with E-state index >= 15 is 0 Å². The summed E-state index contributed by atoms with van der Waals surface area (Å²) >= 11 is 1.61. The van der Waals surface area contributed by atoms with Gasteiger partial charge in [0.15, 0.2) is 0 Å². The Morgan fingerprint density at radius 3 is 3.05 bits per heavy atom. The summed E-state index contributed by atoms with van der Waals surface area (Å²) in [5.74, 6) is 0.620. The monoisotopic (exact) mass is 265 g/mol. The Morgan fingerprint density at radius 1 is 1.42 bits per heavy atom. The Bertz CT molecular complexity index is 789. The molecule has 92 valence electrons. The molecule has 0 aliphatic carbocycles. The predicted molar refractivity (Wildman–Crippen MR) is 78.6 cm³/mol. The third-order valence-corrected chi connectivity index (χ3v) is 3.57. The van der Waals surface area contributed by atoms with Gasteiger partial charge in [0, 0.05) is 0 Å². The van der Waals surface area contributed by atoms with Crippen LogP contribution in [0.1, 0.15) is 17.0 Å². The summed E-state index contributed by atoms with van der Waals surface area (Å²) in [7, 11) is 0. The van der Waals surface area contributed by atoms with Gasteiger partial charge in [0.2, 0.25) is 0 Å². The molecule has 2 heterocycles. The number of allylic oxidation sites excluding steroid dienone is 1. The SMILES string of the molecule is Cc1ccc2nc(C(C#N)=Cc3ccsc3)[nH]c2c1. The lowest BCUT2D eigenvalue weighted by molar-refractivity contribution is 1.27. The Balaban J connectivity index is 2.10. The average Bonchev–Trinajstić information content (AvgIpc) is 3.03. The molecular formula is C15H11N3S. The number of aromatic nitrogens is 2. The molecular weight excluding hydrogens is 254 g/mol. The van der Waals surface area contributed by atoms with E-state index in [1.165, 1.54) is 5.56 Å². The van der Waals surface area contributed by atoms with Crippen LogP contribution >= 0.6 is 11.3 Å². The minimum absolute atomic E-state index is 0.548. The van der Waals surface area contributed by atoms with E-state index in [2.05, 4.69) is 16.0 Å². The van der Waals surface area contributed by atoms with Crippen molar-refractivity contribution in [3.8, 4) is 6.07 Å². The van der Waals surface area contributed by atoms with E-state index in [9.17, 15) is 5.26 Å². The summed E-state index contributed by atoms with van der Waals surface area (Å²) in [6.07, 6.45) is 1.85. The second-order valence-corrected chi connectivity index (χ2v) is 5.11. The fraction of sp³-hybridized carbons (Fsp3) is 0.0667. The summed E-state index contributed by atoms with van der Waals surface area (Å²) in [6, 6.07) is 10.2. The lowest BCUT2D eigenvalue weighted by atomic mass is 10.2. The normalized spacial score (nSPS) is 11.7. The standard InChI is InChI=1S/C15H11N3S/c1-10-2-3-13-14(6-10)18-15(17-13)12(8-16)7-11-4-5-19-9-11/h2-7,9H,1H3,(H,17,18). The van der Waals surface area contributed by atoms with Crippen molar-refractivity contribution in [3.63, 3.8) is 0 Å². The summed E-state index contributed by atoms with van der Waals surface area (Å²) in [6.45, 7) is 2.03. The number of thiophene rings is 1. The molecule has 0 saturated heterocycles. The zero-order valence-electron chi connectivity index (χ0n) is 10.3. The summed E-state index contributed by atoms with van der Waals surface area (Å²) in [4.78, 5) is 7.66. The topological polar surface area (TPSA) is 52.5 Å². The van der Waals surface area contributed by atoms with Gasteiger partial charge in [-0.1, -0.05) is 6.07 Å². The molecule has 3 nitrogen and oxygen atoms in total. The molecule has 3 aromatic rings. The minimum atomic E-state index is 0.548. The lowest BCUT2D eigenvalue weighted by Gasteiger charge is -1.91. The van der Waals surface area contributed by atoms with Crippen molar-refractivity contribution in [2.24, 2.45) is 0 Å². The Labute approximate surface area is 114 Å². The average molecular weight is 265 g/mol. The van der Waals surface area contributed by atoms with Crippen molar-refractivity contribution in [1.29, 1.82) is 5.26 Å². The molecule has 0 unspecified atom stereocenters. The molecule has 0 aliphatic heterocycles. The van der Waals surface area contributed by atoms with Crippen LogP contribution in [-0.4, -0.2) is 9.97 Å². The molecule has 2 aromatic heterocycles. The van der Waals surface area contributed by atoms with Crippen LogP contribution in [0.5, 0.6) is 0 Å². The van der Waals surface area contributed by atoms with Gasteiger partial charge in [0.1, 0.15) is 11.9 Å². The van der Waals surface area contributed by atoms with E-state index in [1.807, 2.05) is 48.0 Å². The van der Waals surface area contributed by atoms with Gasteiger partial charge in [-0.05, 0) is 53.1 Å². The summed E-state index contributed by atoms with van der Waals surface area (Å²) in [5, 5.41) is 13.3. The van der Waals surface area contributed by atoms with Gasteiger partial charge in [-0.15, -0.1) is 0 Å². The number of nitriles is 1. The lowest BCUT2D eigenvalue weighted by Crippen LogP contribution is -1.83. The molecule has 4 heteroatoms. The number of hydrogen-bond donors (Lipinski definition) is 1. The molecule has 1 aromatic carbocycles. The third-order valence-electron chi connectivity index (χ3n) is 2.87. The first-order chi connectivity index (χ1) is 9.26. The number of fused-ring (bicyclic) bond motifs is 1. The van der Waals surface area contributed by atoms with Crippen LogP contribution in [0, 0.1) is 18.3 Å². The van der Waals surface area contributed by atoms with Gasteiger partial charge in [-0.25, -0.2) is 4.98 Å². The van der Waals surface area contributed by atoms with E-state index in [1.54, 1.807) is 11.3 Å². The highest BCUT2D eigenvalue weighted by Crippen LogP contribution is 2.20. The van der Waals surface area contributed by atoms with E-state index in [4.69, 9.17) is 0 Å². The van der Waals surface area contributed by atoms with Gasteiger partial charge in [-0.2, -0.15) is 16.6 Å². The van der Waals surface area contributed by atoms with Gasteiger partial charge < -0.3 is 4.98 Å². The summed E-state index contributed by atoms with van der Waals surface area (Å²) in [5.41, 5.74) is 4.59. The molecule has 19 heavy (non-hydrogen) atoms. The van der Waals surface area contributed by atoms with Crippen molar-refractivity contribution in [2.75, 3.05) is 0 Å². The number of benzene rings is 1. The molecule has 0 spiro atoms. The number of rotatable bonds is 2. The number of aromatic amines is 1. The summed E-state index contributed by atoms with van der Waals surface area (Å²) < 4.78 is 0. The highest BCUT2D eigenvalue weighted by Gasteiger charge is 2.08. The van der Waals surface area contributed by atoms with Crippen LogP contribution in [-0.2, 0) is 0 Å². The molecule has 0 atom stereocenters. The van der Waals surface area contributed by atoms with Crippen molar-refractivity contribution in [3.05, 3.63) is 52.0 Å². The van der Waals surface area contributed by atoms with Gasteiger partial charge in [0.05, 0.1) is 16.6 Å². The van der Waals surface area contributed by atoms with Gasteiger partial charge in [-0.3, -0.25) is 0 Å². The molecule has 0 bridgehead atoms. The van der Waals surface area contributed by atoms with Gasteiger partial charge in [0.25, 0.3) is 0 Å². The number of H-pyrrole nitrogens is 1. The zero-order valence-corrected chi connectivity index (χ0v) is 11.2. The maximum atomic E-state index is 9.28. The second-order valence-electron chi connectivity index (χ2n) is 4.33. The Morgan fingerprint density at radius 2 is 2.32 bits per heavy atom. The van der Waals surface area contributed by atoms with E-state index < -0.39 is 0 Å². The van der Waals surface area contributed by atoms with Crippen LogP contribution in [0.3, 0.4) is 0 Å². The van der Waals surface area contributed by atoms with Crippen molar-refractivity contribution in [2.45, 2.75) is 6.92 Å². The highest BCUT2D eigenvalue weighted by molar-refractivity contribution is 7.08. The number of hydrogen-bond acceptors (Lipinski definition) is 3. The number of nitrogens with one attached hydrogen (secondary N) is 1. The molecule has 0 saturated carbocycles. The van der Waals surface area contributed by atoms with Crippen LogP contribution in [0.15, 0.2) is 35.0 Å². The first-order valence-electron chi connectivity index (χ1n) is 5.87. The van der Waals surface area contributed by atoms with Crippen LogP contribution < -0.4 is 0 Å². The predicted octanol–water partition coefficient (Wildman–Crippen LogP) is 4.00. The molecule has 1 N–H and O–H groups in total. The maximum absolute atomic E-state index is 9.28. The Hall–Kier alpha value is -2.38. The first kappa shape index (κ1) is 11.7. The van der Waals surface area contributed by atoms with E-state index in [0.29, 0.717) is 11.4 Å². The number of aryl methyl sites for hydroxylation is 1.